The van der Waals surface area contributed by atoms with Crippen LogP contribution in [0.2, 0.25) is 5.02 Å². The molecule has 1 aromatic carbocycles. The first-order chi connectivity index (χ1) is 12.5. The van der Waals surface area contributed by atoms with Crippen LogP contribution in [0.1, 0.15) is 33.4 Å². The van der Waals surface area contributed by atoms with Crippen LogP contribution in [0.15, 0.2) is 49.1 Å². The van der Waals surface area contributed by atoms with Gasteiger partial charge in [0.05, 0.1) is 11.9 Å². The first kappa shape index (κ1) is 16.8. The Morgan fingerprint density at radius 2 is 2.12 bits per heavy atom. The fraction of sp³-hybridized carbons (Fsp3) is 0.211. The van der Waals surface area contributed by atoms with Gasteiger partial charge in [0.15, 0.2) is 0 Å². The molecule has 3 heterocycles. The number of imidazole rings is 1. The normalized spacial score (nSPS) is 15.0. The van der Waals surface area contributed by atoms with Crippen molar-refractivity contribution in [3.8, 4) is 0 Å². The number of halogens is 1. The van der Waals surface area contributed by atoms with E-state index in [4.69, 9.17) is 11.6 Å². The standard InChI is InChI=1S/C19H17ClN4O2/c1-23-7-5-22-18(23)17(25)13-9-15(11-21-10-13)24-6-4-12-8-14(20)2-3-16(12)19(24)26/h2-3,5,7-11,17,25H,4,6H2,1H3. The second-order valence-corrected chi connectivity index (χ2v) is 6.72. The summed E-state index contributed by atoms with van der Waals surface area (Å²) < 4.78 is 1.75. The maximum Gasteiger partial charge on any atom is 0.258 e. The molecule has 1 aliphatic rings. The number of hydrogen-bond acceptors (Lipinski definition) is 4. The molecule has 0 saturated heterocycles. The van der Waals surface area contributed by atoms with Crippen molar-refractivity contribution in [2.24, 2.45) is 7.05 Å². The van der Waals surface area contributed by atoms with Crippen LogP contribution in [0.4, 0.5) is 5.69 Å². The van der Waals surface area contributed by atoms with E-state index in [1.54, 1.807) is 52.5 Å². The molecule has 26 heavy (non-hydrogen) atoms. The van der Waals surface area contributed by atoms with Gasteiger partial charge in [0.25, 0.3) is 5.91 Å². The van der Waals surface area contributed by atoms with Crippen molar-refractivity contribution >= 4 is 23.2 Å². The maximum absolute atomic E-state index is 12.9. The van der Waals surface area contributed by atoms with Gasteiger partial charge in [-0.3, -0.25) is 9.78 Å². The molecule has 4 rings (SSSR count). The second-order valence-electron chi connectivity index (χ2n) is 6.28. The van der Waals surface area contributed by atoms with Gasteiger partial charge in [0.1, 0.15) is 11.9 Å². The average molecular weight is 369 g/mol. The molecule has 1 unspecified atom stereocenters. The SMILES string of the molecule is Cn1ccnc1C(O)c1cncc(N2CCc3cc(Cl)ccc3C2=O)c1. The zero-order chi connectivity index (χ0) is 18.3. The van der Waals surface area contributed by atoms with Crippen molar-refractivity contribution in [2.75, 3.05) is 11.4 Å². The molecule has 1 atom stereocenters. The number of pyridine rings is 1. The Balaban J connectivity index is 1.66. The lowest BCUT2D eigenvalue weighted by atomic mass is 9.98. The first-order valence-corrected chi connectivity index (χ1v) is 8.63. The van der Waals surface area contributed by atoms with E-state index in [-0.39, 0.29) is 5.91 Å². The molecule has 7 heteroatoms. The van der Waals surface area contributed by atoms with Crippen LogP contribution in [-0.4, -0.2) is 32.1 Å². The third-order valence-electron chi connectivity index (χ3n) is 4.62. The number of nitrogens with zero attached hydrogens (tertiary/aromatic N) is 4. The quantitative estimate of drug-likeness (QED) is 0.771. The number of carbonyl (C=O) groups excluding carboxylic acids is 1. The van der Waals surface area contributed by atoms with E-state index in [0.717, 1.165) is 5.56 Å². The molecule has 132 valence electrons. The highest BCUT2D eigenvalue weighted by Gasteiger charge is 2.26. The predicted molar refractivity (Wildman–Crippen MR) is 98.3 cm³/mol. The fourth-order valence-corrected chi connectivity index (χ4v) is 3.43. The summed E-state index contributed by atoms with van der Waals surface area (Å²) in [7, 11) is 1.82. The lowest BCUT2D eigenvalue weighted by molar-refractivity contribution is 0.0980. The van der Waals surface area contributed by atoms with Gasteiger partial charge < -0.3 is 14.6 Å². The Bertz CT molecular complexity index is 985. The van der Waals surface area contributed by atoms with Crippen molar-refractivity contribution in [1.82, 2.24) is 14.5 Å². The number of carbonyl (C=O) groups is 1. The molecule has 3 aromatic rings. The zero-order valence-corrected chi connectivity index (χ0v) is 14.9. The molecular formula is C19H17ClN4O2. The van der Waals surface area contributed by atoms with Crippen molar-refractivity contribution in [3.63, 3.8) is 0 Å². The molecule has 0 radical (unpaired) electrons. The van der Waals surface area contributed by atoms with Crippen molar-refractivity contribution in [3.05, 3.63) is 76.6 Å². The van der Waals surface area contributed by atoms with Crippen LogP contribution < -0.4 is 4.90 Å². The minimum absolute atomic E-state index is 0.0895. The summed E-state index contributed by atoms with van der Waals surface area (Å²) in [5, 5.41) is 11.2. The molecule has 6 nitrogen and oxygen atoms in total. The summed E-state index contributed by atoms with van der Waals surface area (Å²) in [5.74, 6) is 0.433. The van der Waals surface area contributed by atoms with Gasteiger partial charge in [-0.15, -0.1) is 0 Å². The summed E-state index contributed by atoms with van der Waals surface area (Å²) in [5.41, 5.74) is 2.85. The summed E-state index contributed by atoms with van der Waals surface area (Å²) in [6, 6.07) is 7.10. The van der Waals surface area contributed by atoms with Gasteiger partial charge in [-0.2, -0.15) is 0 Å². The molecule has 0 aliphatic carbocycles. The Hall–Kier alpha value is -2.70. The van der Waals surface area contributed by atoms with Gasteiger partial charge >= 0.3 is 0 Å². The van der Waals surface area contributed by atoms with Crippen molar-refractivity contribution < 1.29 is 9.90 Å². The molecule has 1 aliphatic heterocycles. The summed E-state index contributed by atoms with van der Waals surface area (Å²) in [6.45, 7) is 0.538. The van der Waals surface area contributed by atoms with E-state index >= 15 is 0 Å². The van der Waals surface area contributed by atoms with E-state index < -0.39 is 6.10 Å². The minimum Gasteiger partial charge on any atom is -0.380 e. The smallest absolute Gasteiger partial charge is 0.258 e. The van der Waals surface area contributed by atoms with Gasteiger partial charge in [-0.1, -0.05) is 11.6 Å². The molecule has 1 N–H and O–H groups in total. The Kier molecular flexibility index (Phi) is 4.22. The van der Waals surface area contributed by atoms with Crippen LogP contribution in [0.3, 0.4) is 0 Å². The van der Waals surface area contributed by atoms with E-state index in [9.17, 15) is 9.90 Å². The van der Waals surface area contributed by atoms with E-state index in [0.29, 0.717) is 40.6 Å². The van der Waals surface area contributed by atoms with Gasteiger partial charge in [-0.05, 0) is 36.2 Å². The lowest BCUT2D eigenvalue weighted by Crippen LogP contribution is -2.37. The predicted octanol–water partition coefficient (Wildman–Crippen LogP) is 2.75. The molecule has 0 fully saturated rings. The van der Waals surface area contributed by atoms with Crippen molar-refractivity contribution in [2.45, 2.75) is 12.5 Å². The van der Waals surface area contributed by atoms with Gasteiger partial charge in [0, 0.05) is 48.3 Å². The number of hydrogen-bond donors (Lipinski definition) is 1. The van der Waals surface area contributed by atoms with Crippen LogP contribution >= 0.6 is 11.6 Å². The number of aliphatic hydroxyl groups is 1. The highest BCUT2D eigenvalue weighted by molar-refractivity contribution is 6.30. The topological polar surface area (TPSA) is 71.2 Å². The third kappa shape index (κ3) is 2.87. The Labute approximate surface area is 155 Å². The number of benzene rings is 1. The highest BCUT2D eigenvalue weighted by Crippen LogP contribution is 2.28. The van der Waals surface area contributed by atoms with Crippen molar-refractivity contribution in [1.29, 1.82) is 0 Å². The van der Waals surface area contributed by atoms with Crippen LogP contribution in [0, 0.1) is 0 Å². The Morgan fingerprint density at radius 3 is 2.88 bits per heavy atom. The van der Waals surface area contributed by atoms with Crippen LogP contribution in [0.5, 0.6) is 0 Å². The average Bonchev–Trinajstić information content (AvgIpc) is 3.07. The lowest BCUT2D eigenvalue weighted by Gasteiger charge is -2.29. The molecular weight excluding hydrogens is 352 g/mol. The molecule has 1 amide bonds. The molecule has 0 spiro atoms. The zero-order valence-electron chi connectivity index (χ0n) is 14.1. The van der Waals surface area contributed by atoms with Gasteiger partial charge in [-0.25, -0.2) is 4.98 Å². The summed E-state index contributed by atoms with van der Waals surface area (Å²) >= 11 is 6.02. The molecule has 0 bridgehead atoms. The summed E-state index contributed by atoms with van der Waals surface area (Å²) in [4.78, 5) is 22.9. The number of aromatic nitrogens is 3. The molecule has 2 aromatic heterocycles. The van der Waals surface area contributed by atoms with Crippen LogP contribution in [-0.2, 0) is 13.5 Å². The number of amides is 1. The number of aryl methyl sites for hydroxylation is 1. The van der Waals surface area contributed by atoms with Crippen LogP contribution in [0.25, 0.3) is 0 Å². The van der Waals surface area contributed by atoms with E-state index in [2.05, 4.69) is 9.97 Å². The third-order valence-corrected chi connectivity index (χ3v) is 4.86. The second kappa shape index (κ2) is 6.55. The highest BCUT2D eigenvalue weighted by atomic mass is 35.5. The number of rotatable bonds is 3. The number of fused-ring (bicyclic) bond motifs is 1. The number of anilines is 1. The monoisotopic (exact) mass is 368 g/mol. The Morgan fingerprint density at radius 1 is 1.27 bits per heavy atom. The number of aliphatic hydroxyl groups excluding tert-OH is 1. The minimum atomic E-state index is -0.909. The maximum atomic E-state index is 12.9. The fourth-order valence-electron chi connectivity index (χ4n) is 3.24. The largest absolute Gasteiger partial charge is 0.380 e. The van der Waals surface area contributed by atoms with E-state index in [1.807, 2.05) is 13.1 Å². The van der Waals surface area contributed by atoms with E-state index in [1.165, 1.54) is 0 Å². The van der Waals surface area contributed by atoms with Gasteiger partial charge in [0.2, 0.25) is 0 Å². The first-order valence-electron chi connectivity index (χ1n) is 8.25. The summed E-state index contributed by atoms with van der Waals surface area (Å²) in [6.07, 6.45) is 6.43. The molecule has 0 saturated carbocycles.